The molecule has 2 N–H and O–H groups in total. The lowest BCUT2D eigenvalue weighted by molar-refractivity contribution is 0.420. The molecule has 0 amide bonds. The Morgan fingerprint density at radius 3 is 2.00 bits per heavy atom. The van der Waals surface area contributed by atoms with Gasteiger partial charge in [0.2, 0.25) is 0 Å². The standard InChI is InChI=1S/C7H15N/c1-5-7(4,8)6(2)3/h5-6H,1,8H2,2-4H3/t7-/m1/s1. The Labute approximate surface area is 51.6 Å². The van der Waals surface area contributed by atoms with Gasteiger partial charge in [0.25, 0.3) is 0 Å². The van der Waals surface area contributed by atoms with E-state index in [4.69, 9.17) is 5.73 Å². The Balaban J connectivity index is 3.90. The summed E-state index contributed by atoms with van der Waals surface area (Å²) in [7, 11) is 0. The van der Waals surface area contributed by atoms with E-state index in [1.54, 1.807) is 6.08 Å². The van der Waals surface area contributed by atoms with E-state index >= 15 is 0 Å². The highest BCUT2D eigenvalue weighted by Gasteiger charge is 2.17. The molecule has 48 valence electrons. The highest BCUT2D eigenvalue weighted by Crippen LogP contribution is 2.12. The summed E-state index contributed by atoms with van der Waals surface area (Å²) in [4.78, 5) is 0. The fraction of sp³-hybridized carbons (Fsp3) is 0.714. The topological polar surface area (TPSA) is 26.0 Å². The lowest BCUT2D eigenvalue weighted by atomic mass is 9.90. The van der Waals surface area contributed by atoms with E-state index in [-0.39, 0.29) is 5.54 Å². The largest absolute Gasteiger partial charge is 0.322 e. The SMILES string of the molecule is C=C[C@@](C)(N)C(C)C. The maximum Gasteiger partial charge on any atom is 0.0331 e. The smallest absolute Gasteiger partial charge is 0.0331 e. The molecule has 0 saturated carbocycles. The van der Waals surface area contributed by atoms with Gasteiger partial charge in [-0.1, -0.05) is 19.9 Å². The number of rotatable bonds is 2. The van der Waals surface area contributed by atoms with Gasteiger partial charge in [0, 0.05) is 5.54 Å². The minimum absolute atomic E-state index is 0.194. The van der Waals surface area contributed by atoms with Crippen molar-refractivity contribution in [3.63, 3.8) is 0 Å². The molecule has 0 fully saturated rings. The van der Waals surface area contributed by atoms with Crippen LogP contribution in [0.2, 0.25) is 0 Å². The lowest BCUT2D eigenvalue weighted by Gasteiger charge is -2.24. The summed E-state index contributed by atoms with van der Waals surface area (Å²) in [5, 5.41) is 0. The summed E-state index contributed by atoms with van der Waals surface area (Å²) in [5.41, 5.74) is 5.55. The van der Waals surface area contributed by atoms with Crippen LogP contribution in [0, 0.1) is 5.92 Å². The zero-order valence-corrected chi connectivity index (χ0v) is 5.94. The third-order valence-electron chi connectivity index (χ3n) is 1.68. The molecule has 1 heteroatoms. The summed E-state index contributed by atoms with van der Waals surface area (Å²) in [5.74, 6) is 0.472. The molecule has 0 aliphatic heterocycles. The predicted molar refractivity (Wildman–Crippen MR) is 37.6 cm³/mol. The van der Waals surface area contributed by atoms with Crippen molar-refractivity contribution in [2.45, 2.75) is 26.3 Å². The maximum atomic E-state index is 5.74. The van der Waals surface area contributed by atoms with Crippen molar-refractivity contribution < 1.29 is 0 Å². The van der Waals surface area contributed by atoms with Crippen molar-refractivity contribution in [1.82, 2.24) is 0 Å². The summed E-state index contributed by atoms with van der Waals surface area (Å²) < 4.78 is 0. The van der Waals surface area contributed by atoms with Crippen LogP contribution in [0.4, 0.5) is 0 Å². The summed E-state index contributed by atoms with van der Waals surface area (Å²) in [6, 6.07) is 0. The van der Waals surface area contributed by atoms with E-state index in [0.29, 0.717) is 5.92 Å². The molecular weight excluding hydrogens is 98.1 g/mol. The third-order valence-corrected chi connectivity index (χ3v) is 1.68. The first kappa shape index (κ1) is 7.70. The number of hydrogen-bond acceptors (Lipinski definition) is 1. The second kappa shape index (κ2) is 2.31. The van der Waals surface area contributed by atoms with Crippen molar-refractivity contribution in [2.75, 3.05) is 0 Å². The van der Waals surface area contributed by atoms with Crippen LogP contribution in [-0.4, -0.2) is 5.54 Å². The monoisotopic (exact) mass is 113 g/mol. The van der Waals surface area contributed by atoms with Gasteiger partial charge in [0.15, 0.2) is 0 Å². The van der Waals surface area contributed by atoms with Crippen LogP contribution in [-0.2, 0) is 0 Å². The Bertz CT molecular complexity index is 82.4. The molecule has 1 atom stereocenters. The Kier molecular flexibility index (Phi) is 2.23. The van der Waals surface area contributed by atoms with Crippen LogP contribution < -0.4 is 5.73 Å². The van der Waals surface area contributed by atoms with Crippen molar-refractivity contribution >= 4 is 0 Å². The summed E-state index contributed by atoms with van der Waals surface area (Å²) >= 11 is 0. The molecule has 0 bridgehead atoms. The maximum absolute atomic E-state index is 5.74. The highest BCUT2D eigenvalue weighted by atomic mass is 14.7. The van der Waals surface area contributed by atoms with E-state index in [1.807, 2.05) is 6.92 Å². The average Bonchev–Trinajstić information content (AvgIpc) is 1.67. The van der Waals surface area contributed by atoms with Gasteiger partial charge in [0.05, 0.1) is 0 Å². The van der Waals surface area contributed by atoms with Gasteiger partial charge in [-0.05, 0) is 12.8 Å². The molecule has 1 nitrogen and oxygen atoms in total. The van der Waals surface area contributed by atoms with Crippen LogP contribution in [0.1, 0.15) is 20.8 Å². The molecule has 0 unspecified atom stereocenters. The van der Waals surface area contributed by atoms with E-state index < -0.39 is 0 Å². The molecule has 0 aliphatic carbocycles. The molecule has 0 rings (SSSR count). The molecule has 8 heavy (non-hydrogen) atoms. The van der Waals surface area contributed by atoms with E-state index in [2.05, 4.69) is 20.4 Å². The molecule has 0 aromatic heterocycles. The first-order chi connectivity index (χ1) is 3.50. The van der Waals surface area contributed by atoms with Crippen LogP contribution in [0.5, 0.6) is 0 Å². The molecule has 0 saturated heterocycles. The Morgan fingerprint density at radius 1 is 1.62 bits per heavy atom. The molecule has 0 aliphatic rings. The normalized spacial score (nSPS) is 18.1. The second-order valence-corrected chi connectivity index (χ2v) is 2.72. The summed E-state index contributed by atoms with van der Waals surface area (Å²) in [6.45, 7) is 9.78. The zero-order chi connectivity index (χ0) is 6.78. The minimum Gasteiger partial charge on any atom is -0.322 e. The van der Waals surface area contributed by atoms with Crippen molar-refractivity contribution in [1.29, 1.82) is 0 Å². The van der Waals surface area contributed by atoms with Crippen LogP contribution in [0.25, 0.3) is 0 Å². The Morgan fingerprint density at radius 2 is 2.00 bits per heavy atom. The van der Waals surface area contributed by atoms with Crippen molar-refractivity contribution in [2.24, 2.45) is 11.7 Å². The van der Waals surface area contributed by atoms with Crippen molar-refractivity contribution in [3.8, 4) is 0 Å². The van der Waals surface area contributed by atoms with Gasteiger partial charge in [-0.15, -0.1) is 6.58 Å². The third kappa shape index (κ3) is 1.66. The Hall–Kier alpha value is -0.300. The number of hydrogen-bond donors (Lipinski definition) is 1. The molecule has 0 aromatic rings. The van der Waals surface area contributed by atoms with Gasteiger partial charge in [-0.2, -0.15) is 0 Å². The van der Waals surface area contributed by atoms with Crippen LogP contribution in [0.15, 0.2) is 12.7 Å². The predicted octanol–water partition coefficient (Wildman–Crippen LogP) is 1.55. The van der Waals surface area contributed by atoms with E-state index in [1.165, 1.54) is 0 Å². The van der Waals surface area contributed by atoms with Crippen molar-refractivity contribution in [3.05, 3.63) is 12.7 Å². The van der Waals surface area contributed by atoms with Gasteiger partial charge in [-0.25, -0.2) is 0 Å². The van der Waals surface area contributed by atoms with Gasteiger partial charge >= 0.3 is 0 Å². The molecule has 0 spiro atoms. The zero-order valence-electron chi connectivity index (χ0n) is 5.94. The van der Waals surface area contributed by atoms with Gasteiger partial charge in [0.1, 0.15) is 0 Å². The highest BCUT2D eigenvalue weighted by molar-refractivity contribution is 4.98. The second-order valence-electron chi connectivity index (χ2n) is 2.72. The molecule has 0 aromatic carbocycles. The quantitative estimate of drug-likeness (QED) is 0.540. The first-order valence-electron chi connectivity index (χ1n) is 2.93. The van der Waals surface area contributed by atoms with Crippen LogP contribution in [0.3, 0.4) is 0 Å². The lowest BCUT2D eigenvalue weighted by Crippen LogP contribution is -2.38. The average molecular weight is 113 g/mol. The molecule has 0 radical (unpaired) electrons. The fourth-order valence-electron chi connectivity index (χ4n) is 0.236. The van der Waals surface area contributed by atoms with E-state index in [9.17, 15) is 0 Å². The van der Waals surface area contributed by atoms with E-state index in [0.717, 1.165) is 0 Å². The first-order valence-corrected chi connectivity index (χ1v) is 2.93. The molecular formula is C7H15N. The van der Waals surface area contributed by atoms with Crippen LogP contribution >= 0.6 is 0 Å². The number of nitrogens with two attached hydrogens (primary N) is 1. The minimum atomic E-state index is -0.194. The fourth-order valence-corrected chi connectivity index (χ4v) is 0.236. The summed E-state index contributed by atoms with van der Waals surface area (Å²) in [6.07, 6.45) is 1.79. The van der Waals surface area contributed by atoms with Gasteiger partial charge < -0.3 is 5.73 Å². The van der Waals surface area contributed by atoms with Gasteiger partial charge in [-0.3, -0.25) is 0 Å². The molecule has 0 heterocycles.